The second-order valence-corrected chi connectivity index (χ2v) is 5.66. The number of nitrogens with zero attached hydrogens (tertiary/aromatic N) is 3. The fourth-order valence-corrected chi connectivity index (χ4v) is 3.17. The van der Waals surface area contributed by atoms with Crippen molar-refractivity contribution in [3.05, 3.63) is 41.7 Å². The molecule has 8 nitrogen and oxygen atoms in total. The number of H-pyrrole nitrogens is 2. The van der Waals surface area contributed by atoms with Gasteiger partial charge in [0.15, 0.2) is 17.1 Å². The molecule has 1 amide bonds. The van der Waals surface area contributed by atoms with Gasteiger partial charge in [0.25, 0.3) is 5.91 Å². The van der Waals surface area contributed by atoms with Crippen molar-refractivity contribution < 1.29 is 9.21 Å². The Balaban J connectivity index is 2.06. The van der Waals surface area contributed by atoms with Crippen molar-refractivity contribution in [2.24, 2.45) is 5.73 Å². The molecular formula is C16H12N6O2. The van der Waals surface area contributed by atoms with Crippen molar-refractivity contribution in [1.29, 1.82) is 0 Å². The van der Waals surface area contributed by atoms with Crippen LogP contribution in [0, 0.1) is 6.92 Å². The maximum atomic E-state index is 12.1. The van der Waals surface area contributed by atoms with Crippen molar-refractivity contribution in [1.82, 2.24) is 24.8 Å². The quantitative estimate of drug-likeness (QED) is 0.462. The smallest absolute Gasteiger partial charge is 0.254 e. The highest BCUT2D eigenvalue weighted by Crippen LogP contribution is 2.32. The van der Waals surface area contributed by atoms with Crippen molar-refractivity contribution in [2.45, 2.75) is 6.92 Å². The first-order chi connectivity index (χ1) is 11.6. The van der Waals surface area contributed by atoms with Gasteiger partial charge in [-0.1, -0.05) is 6.07 Å². The molecule has 4 N–H and O–H groups in total. The van der Waals surface area contributed by atoms with E-state index in [1.165, 1.54) is 6.26 Å². The van der Waals surface area contributed by atoms with Gasteiger partial charge in [-0.3, -0.25) is 15.0 Å². The zero-order valence-corrected chi connectivity index (χ0v) is 12.6. The van der Waals surface area contributed by atoms with Gasteiger partial charge in [0.2, 0.25) is 0 Å². The Morgan fingerprint density at radius 2 is 2.17 bits per heavy atom. The number of nitrogens with two attached hydrogens (primary N) is 1. The largest absolute Gasteiger partial charge is 0.463 e. The number of hydrogen-bond acceptors (Lipinski definition) is 4. The van der Waals surface area contributed by atoms with Gasteiger partial charge in [0.1, 0.15) is 11.3 Å². The molecule has 0 bridgehead atoms. The van der Waals surface area contributed by atoms with E-state index in [-0.39, 0.29) is 5.56 Å². The highest BCUT2D eigenvalue weighted by Gasteiger charge is 2.25. The van der Waals surface area contributed by atoms with Crippen LogP contribution < -0.4 is 5.73 Å². The van der Waals surface area contributed by atoms with E-state index in [1.807, 2.05) is 19.1 Å². The van der Waals surface area contributed by atoms with Crippen LogP contribution in [-0.4, -0.2) is 30.7 Å². The normalized spacial score (nSPS) is 11.9. The Morgan fingerprint density at radius 3 is 2.92 bits per heavy atom. The van der Waals surface area contributed by atoms with Crippen LogP contribution in [0.5, 0.6) is 0 Å². The number of benzene rings is 1. The summed E-state index contributed by atoms with van der Waals surface area (Å²) in [6.07, 6.45) is 1.53. The van der Waals surface area contributed by atoms with E-state index in [2.05, 4.69) is 20.3 Å². The lowest BCUT2D eigenvalue weighted by Crippen LogP contribution is -2.12. The third kappa shape index (κ3) is 1.49. The van der Waals surface area contributed by atoms with Crippen LogP contribution >= 0.6 is 0 Å². The number of carbonyl (C=O) groups excluding carboxylic acids is 1. The van der Waals surface area contributed by atoms with E-state index in [4.69, 9.17) is 10.2 Å². The van der Waals surface area contributed by atoms with Crippen molar-refractivity contribution in [3.63, 3.8) is 0 Å². The molecule has 0 atom stereocenters. The molecule has 1 aromatic carbocycles. The second-order valence-electron chi connectivity index (χ2n) is 5.66. The Kier molecular flexibility index (Phi) is 2.29. The van der Waals surface area contributed by atoms with Gasteiger partial charge in [0.05, 0.1) is 22.7 Å². The van der Waals surface area contributed by atoms with Gasteiger partial charge >= 0.3 is 0 Å². The van der Waals surface area contributed by atoms with Crippen LogP contribution in [-0.2, 0) is 0 Å². The molecule has 0 fully saturated rings. The first-order valence-electron chi connectivity index (χ1n) is 7.37. The summed E-state index contributed by atoms with van der Waals surface area (Å²) in [6.45, 7) is 1.98. The molecule has 0 unspecified atom stereocenters. The van der Waals surface area contributed by atoms with Gasteiger partial charge in [-0.25, -0.2) is 9.50 Å². The lowest BCUT2D eigenvalue weighted by molar-refractivity contribution is 0.100. The highest BCUT2D eigenvalue weighted by atomic mass is 16.3. The number of hydrogen-bond donors (Lipinski definition) is 3. The number of fused-ring (bicyclic) bond motifs is 2. The lowest BCUT2D eigenvalue weighted by atomic mass is 10.1. The van der Waals surface area contributed by atoms with E-state index in [0.29, 0.717) is 22.7 Å². The average Bonchev–Trinajstić information content (AvgIpc) is 3.27. The zero-order chi connectivity index (χ0) is 16.4. The number of furan rings is 1. The molecule has 4 heterocycles. The number of aromatic nitrogens is 5. The second kappa shape index (κ2) is 4.25. The molecule has 0 spiro atoms. The number of primary amides is 1. The summed E-state index contributed by atoms with van der Waals surface area (Å²) in [7, 11) is 0. The topological polar surface area (TPSA) is 118 Å². The summed E-state index contributed by atoms with van der Waals surface area (Å²) in [5.74, 6) is -0.129. The van der Waals surface area contributed by atoms with E-state index in [0.717, 1.165) is 22.0 Å². The first-order valence-corrected chi connectivity index (χ1v) is 7.37. The minimum absolute atomic E-state index is 0.238. The van der Waals surface area contributed by atoms with Gasteiger partial charge in [-0.05, 0) is 30.7 Å². The van der Waals surface area contributed by atoms with Crippen LogP contribution in [0.4, 0.5) is 0 Å². The highest BCUT2D eigenvalue weighted by molar-refractivity contribution is 6.10. The average molecular weight is 320 g/mol. The SMILES string of the molecule is Cc1ccc2[nH][nH]c3nc4c(C(N)=O)c(-c5ccco5)nn4c1c23. The first kappa shape index (κ1) is 12.9. The third-order valence-electron chi connectivity index (χ3n) is 4.22. The summed E-state index contributed by atoms with van der Waals surface area (Å²) in [5.41, 5.74) is 10.1. The molecule has 0 saturated heterocycles. The van der Waals surface area contributed by atoms with Crippen LogP contribution in [0.25, 0.3) is 39.2 Å². The minimum atomic E-state index is -0.602. The summed E-state index contributed by atoms with van der Waals surface area (Å²) >= 11 is 0. The Labute approximate surface area is 134 Å². The van der Waals surface area contributed by atoms with E-state index in [1.54, 1.807) is 16.6 Å². The predicted molar refractivity (Wildman–Crippen MR) is 87.7 cm³/mol. The van der Waals surface area contributed by atoms with Crippen molar-refractivity contribution in [3.8, 4) is 11.5 Å². The van der Waals surface area contributed by atoms with E-state index < -0.39 is 5.91 Å². The molecule has 5 aromatic rings. The molecule has 0 radical (unpaired) electrons. The number of amides is 1. The van der Waals surface area contributed by atoms with E-state index in [9.17, 15) is 4.79 Å². The Bertz CT molecular complexity index is 1240. The summed E-state index contributed by atoms with van der Waals surface area (Å²) < 4.78 is 7.07. The minimum Gasteiger partial charge on any atom is -0.463 e. The number of aromatic amines is 2. The molecule has 0 saturated carbocycles. The van der Waals surface area contributed by atoms with E-state index >= 15 is 0 Å². The number of carbonyl (C=O) groups is 1. The standard InChI is InChI=1S/C16H12N6O2/c1-7-4-5-8-10-13(7)22-16(18-15(10)20-19-8)11(14(17)23)12(21-22)9-3-2-6-24-9/h2-6H,1H3,(H2,17,23)(H2,18,19,20). The van der Waals surface area contributed by atoms with Crippen LogP contribution in [0.15, 0.2) is 34.9 Å². The van der Waals surface area contributed by atoms with Gasteiger partial charge in [0, 0.05) is 0 Å². The molecule has 4 aromatic heterocycles. The van der Waals surface area contributed by atoms with Crippen LogP contribution in [0.2, 0.25) is 0 Å². The van der Waals surface area contributed by atoms with Gasteiger partial charge < -0.3 is 10.2 Å². The molecule has 24 heavy (non-hydrogen) atoms. The van der Waals surface area contributed by atoms with Crippen LogP contribution in [0.3, 0.4) is 0 Å². The molecule has 0 aliphatic heterocycles. The van der Waals surface area contributed by atoms with Crippen molar-refractivity contribution in [2.75, 3.05) is 0 Å². The fraction of sp³-hybridized carbons (Fsp3) is 0.0625. The molecule has 118 valence electrons. The Morgan fingerprint density at radius 1 is 1.29 bits per heavy atom. The predicted octanol–water partition coefficient (Wildman–Crippen LogP) is 2.36. The monoisotopic (exact) mass is 320 g/mol. The Hall–Kier alpha value is -3.55. The van der Waals surface area contributed by atoms with Gasteiger partial charge in [-0.2, -0.15) is 5.10 Å². The maximum Gasteiger partial charge on any atom is 0.254 e. The van der Waals surface area contributed by atoms with Crippen LogP contribution in [0.1, 0.15) is 15.9 Å². The summed E-state index contributed by atoms with van der Waals surface area (Å²) in [6, 6.07) is 7.43. The van der Waals surface area contributed by atoms with Gasteiger partial charge in [-0.15, -0.1) is 0 Å². The molecule has 8 heteroatoms. The fourth-order valence-electron chi connectivity index (χ4n) is 3.17. The maximum absolute atomic E-state index is 12.1. The molecular weight excluding hydrogens is 308 g/mol. The number of aryl methyl sites for hydroxylation is 1. The number of nitrogens with one attached hydrogen (secondary N) is 2. The molecule has 0 aliphatic rings. The zero-order valence-electron chi connectivity index (χ0n) is 12.6. The molecule has 5 rings (SSSR count). The van der Waals surface area contributed by atoms with Crippen molar-refractivity contribution >= 4 is 33.6 Å². The number of rotatable bonds is 2. The summed E-state index contributed by atoms with van der Waals surface area (Å²) in [4.78, 5) is 16.6. The molecule has 0 aliphatic carbocycles. The lowest BCUT2D eigenvalue weighted by Gasteiger charge is -2.04. The third-order valence-corrected chi connectivity index (χ3v) is 4.22. The summed E-state index contributed by atoms with van der Waals surface area (Å²) in [5, 5.41) is 11.6.